The van der Waals surface area contributed by atoms with Gasteiger partial charge in [-0.15, -0.1) is 0 Å². The molecule has 1 heterocycles. The van der Waals surface area contributed by atoms with Crippen LogP contribution in [0.5, 0.6) is 0 Å². The van der Waals surface area contributed by atoms with Crippen molar-refractivity contribution in [2.75, 3.05) is 48.9 Å². The minimum Gasteiger partial charge on any atom is -0.377 e. The average Bonchev–Trinajstić information content (AvgIpc) is 3.39. The third kappa shape index (κ3) is 4.12. The summed E-state index contributed by atoms with van der Waals surface area (Å²) < 4.78 is 23.1. The van der Waals surface area contributed by atoms with Crippen LogP contribution in [0.2, 0.25) is 0 Å². The van der Waals surface area contributed by atoms with Crippen LogP contribution in [-0.4, -0.2) is 63.8 Å². The van der Waals surface area contributed by atoms with Crippen molar-refractivity contribution in [2.24, 2.45) is 5.92 Å². The van der Waals surface area contributed by atoms with Crippen molar-refractivity contribution in [1.29, 1.82) is 0 Å². The Bertz CT molecular complexity index is 786. The molecule has 3 rings (SSSR count). The lowest BCUT2D eigenvalue weighted by atomic mass is 10.1. The molecule has 1 saturated heterocycles. The highest BCUT2D eigenvalue weighted by atomic mass is 32.2. The van der Waals surface area contributed by atoms with Crippen LogP contribution >= 0.6 is 0 Å². The van der Waals surface area contributed by atoms with Crippen LogP contribution in [-0.2, 0) is 14.6 Å². The van der Waals surface area contributed by atoms with E-state index >= 15 is 0 Å². The zero-order valence-corrected chi connectivity index (χ0v) is 15.3. The predicted octanol–water partition coefficient (Wildman–Crippen LogP) is 0.972. The predicted molar refractivity (Wildman–Crippen MR) is 96.7 cm³/mol. The fourth-order valence-corrected chi connectivity index (χ4v) is 4.04. The van der Waals surface area contributed by atoms with Gasteiger partial charge in [-0.2, -0.15) is 0 Å². The highest BCUT2D eigenvalue weighted by Crippen LogP contribution is 2.31. The van der Waals surface area contributed by atoms with Gasteiger partial charge in [0.2, 0.25) is 5.91 Å². The van der Waals surface area contributed by atoms with Crippen molar-refractivity contribution in [1.82, 2.24) is 4.90 Å². The molecule has 1 saturated carbocycles. The van der Waals surface area contributed by atoms with Crippen molar-refractivity contribution in [2.45, 2.75) is 12.8 Å². The van der Waals surface area contributed by atoms with Gasteiger partial charge in [0, 0.05) is 38.8 Å². The third-order valence-corrected chi connectivity index (χ3v) is 6.17. The van der Waals surface area contributed by atoms with E-state index in [4.69, 9.17) is 0 Å². The highest BCUT2D eigenvalue weighted by molar-refractivity contribution is 7.91. The molecule has 0 spiro atoms. The van der Waals surface area contributed by atoms with E-state index in [1.165, 1.54) is 0 Å². The van der Waals surface area contributed by atoms with Gasteiger partial charge in [0.15, 0.2) is 9.84 Å². The number of hydrogen-bond donors (Lipinski definition) is 1. The second kappa shape index (κ2) is 6.67. The van der Waals surface area contributed by atoms with Crippen molar-refractivity contribution >= 4 is 33.0 Å². The Morgan fingerprint density at radius 2 is 1.80 bits per heavy atom. The summed E-state index contributed by atoms with van der Waals surface area (Å²) in [5.41, 5.74) is 1.87. The van der Waals surface area contributed by atoms with E-state index in [1.807, 2.05) is 19.0 Å². The molecule has 8 heteroatoms. The fourth-order valence-electron chi connectivity index (χ4n) is 2.84. The zero-order valence-electron chi connectivity index (χ0n) is 14.5. The van der Waals surface area contributed by atoms with E-state index in [2.05, 4.69) is 5.32 Å². The van der Waals surface area contributed by atoms with E-state index in [9.17, 15) is 18.0 Å². The van der Waals surface area contributed by atoms with Crippen LogP contribution in [0.1, 0.15) is 23.2 Å². The smallest absolute Gasteiger partial charge is 0.256 e. The largest absolute Gasteiger partial charge is 0.377 e. The first kappa shape index (κ1) is 17.7. The van der Waals surface area contributed by atoms with Gasteiger partial charge in [-0.05, 0) is 31.0 Å². The molecule has 2 amide bonds. The number of carbonyl (C=O) groups is 2. The van der Waals surface area contributed by atoms with E-state index < -0.39 is 9.84 Å². The Labute approximate surface area is 147 Å². The van der Waals surface area contributed by atoms with E-state index in [0.717, 1.165) is 12.8 Å². The third-order valence-electron chi connectivity index (χ3n) is 4.56. The van der Waals surface area contributed by atoms with Crippen LogP contribution in [0.4, 0.5) is 11.4 Å². The van der Waals surface area contributed by atoms with Crippen LogP contribution in [0.15, 0.2) is 18.2 Å². The van der Waals surface area contributed by atoms with Gasteiger partial charge in [0.1, 0.15) is 0 Å². The number of sulfone groups is 1. The molecule has 2 fully saturated rings. The Morgan fingerprint density at radius 3 is 2.36 bits per heavy atom. The molecule has 1 aliphatic carbocycles. The molecule has 1 aromatic carbocycles. The maximum atomic E-state index is 12.8. The second-order valence-electron chi connectivity index (χ2n) is 6.83. The van der Waals surface area contributed by atoms with Crippen molar-refractivity contribution in [3.8, 4) is 0 Å². The summed E-state index contributed by atoms with van der Waals surface area (Å²) in [6, 6.07) is 5.21. The highest BCUT2D eigenvalue weighted by Gasteiger charge is 2.30. The molecule has 7 nitrogen and oxygen atoms in total. The number of amides is 2. The van der Waals surface area contributed by atoms with Crippen molar-refractivity contribution < 1.29 is 18.0 Å². The first-order valence-electron chi connectivity index (χ1n) is 8.39. The molecule has 1 aromatic rings. The number of nitrogens with one attached hydrogen (secondary N) is 1. The van der Waals surface area contributed by atoms with Gasteiger partial charge < -0.3 is 15.1 Å². The van der Waals surface area contributed by atoms with Gasteiger partial charge >= 0.3 is 0 Å². The molecule has 1 N–H and O–H groups in total. The van der Waals surface area contributed by atoms with E-state index in [0.29, 0.717) is 16.9 Å². The summed E-state index contributed by atoms with van der Waals surface area (Å²) in [5, 5.41) is 2.89. The van der Waals surface area contributed by atoms with Crippen LogP contribution < -0.4 is 10.2 Å². The maximum Gasteiger partial charge on any atom is 0.256 e. The summed E-state index contributed by atoms with van der Waals surface area (Å²) in [4.78, 5) is 28.1. The van der Waals surface area contributed by atoms with Gasteiger partial charge in [0.05, 0.1) is 22.8 Å². The van der Waals surface area contributed by atoms with Crippen LogP contribution in [0.25, 0.3) is 0 Å². The van der Waals surface area contributed by atoms with Gasteiger partial charge in [-0.3, -0.25) is 9.59 Å². The molecule has 0 bridgehead atoms. The molecular weight excluding hydrogens is 342 g/mol. The van der Waals surface area contributed by atoms with E-state index in [1.54, 1.807) is 23.1 Å². The molecule has 0 aromatic heterocycles. The lowest BCUT2D eigenvalue weighted by molar-refractivity contribution is -0.117. The monoisotopic (exact) mass is 365 g/mol. The Morgan fingerprint density at radius 1 is 1.16 bits per heavy atom. The minimum absolute atomic E-state index is 0.00552. The first-order chi connectivity index (χ1) is 11.8. The van der Waals surface area contributed by atoms with Crippen LogP contribution in [0.3, 0.4) is 0 Å². The normalized spacial score (nSPS) is 19.4. The second-order valence-corrected chi connectivity index (χ2v) is 9.14. The number of anilines is 2. The standard InChI is InChI=1S/C17H23N3O4S/c1-19(2)15-11-13(18-16(21)12-3-4-12)5-6-14(15)17(22)20-7-9-25(23,24)10-8-20/h5-6,11-12H,3-4,7-10H2,1-2H3,(H,18,21). The van der Waals surface area contributed by atoms with Gasteiger partial charge in [-0.25, -0.2) is 8.42 Å². The molecule has 1 aliphatic heterocycles. The number of benzene rings is 1. The van der Waals surface area contributed by atoms with Crippen molar-refractivity contribution in [3.05, 3.63) is 23.8 Å². The average molecular weight is 365 g/mol. The molecular formula is C17H23N3O4S. The quantitative estimate of drug-likeness (QED) is 0.859. The molecule has 0 unspecified atom stereocenters. The van der Waals surface area contributed by atoms with Gasteiger partial charge in [0.25, 0.3) is 5.91 Å². The van der Waals surface area contributed by atoms with Crippen LogP contribution in [0, 0.1) is 5.92 Å². The Balaban J connectivity index is 1.80. The topological polar surface area (TPSA) is 86.8 Å². The number of hydrogen-bond acceptors (Lipinski definition) is 5. The lowest BCUT2D eigenvalue weighted by Gasteiger charge is -2.28. The number of rotatable bonds is 4. The summed E-state index contributed by atoms with van der Waals surface area (Å²) >= 11 is 0. The minimum atomic E-state index is -3.03. The summed E-state index contributed by atoms with van der Waals surface area (Å²) in [6.45, 7) is 0.433. The summed E-state index contributed by atoms with van der Waals surface area (Å²) in [6.07, 6.45) is 1.86. The lowest BCUT2D eigenvalue weighted by Crippen LogP contribution is -2.44. The van der Waals surface area contributed by atoms with Gasteiger partial charge in [-0.1, -0.05) is 0 Å². The zero-order chi connectivity index (χ0) is 18.2. The molecule has 2 aliphatic rings. The molecule has 25 heavy (non-hydrogen) atoms. The molecule has 136 valence electrons. The SMILES string of the molecule is CN(C)c1cc(NC(=O)C2CC2)ccc1C(=O)N1CCS(=O)(=O)CC1. The Kier molecular flexibility index (Phi) is 4.73. The number of carbonyl (C=O) groups excluding carboxylic acids is 2. The molecule has 0 atom stereocenters. The fraction of sp³-hybridized carbons (Fsp3) is 0.529. The van der Waals surface area contributed by atoms with Crippen molar-refractivity contribution in [3.63, 3.8) is 0 Å². The number of nitrogens with zero attached hydrogens (tertiary/aromatic N) is 2. The summed E-state index contributed by atoms with van der Waals surface area (Å²) in [5.74, 6) is -0.0416. The molecule has 0 radical (unpaired) electrons. The first-order valence-corrected chi connectivity index (χ1v) is 10.2. The maximum absolute atomic E-state index is 12.8. The summed E-state index contributed by atoms with van der Waals surface area (Å²) in [7, 11) is 0.633. The Hall–Kier alpha value is -2.09. The van der Waals surface area contributed by atoms with E-state index in [-0.39, 0.29) is 42.3 Å².